The molecule has 4 bridgehead atoms. The van der Waals surface area contributed by atoms with E-state index in [1.54, 1.807) is 4.90 Å². The number of ether oxygens (including phenoxy) is 1. The summed E-state index contributed by atoms with van der Waals surface area (Å²) in [6.07, 6.45) is 2.84. The molecule has 3 aromatic rings. The number of carbonyl (C=O) groups excluding carboxylic acids is 1. The monoisotopic (exact) mass is 369 g/mol. The highest BCUT2D eigenvalue weighted by Crippen LogP contribution is 2.30. The quantitative estimate of drug-likeness (QED) is 0.645. The Balaban J connectivity index is 1.72. The summed E-state index contributed by atoms with van der Waals surface area (Å²) in [6, 6.07) is 4.00. The Bertz CT molecular complexity index is 1070. The summed E-state index contributed by atoms with van der Waals surface area (Å²) in [5.74, 6) is 0.108. The van der Waals surface area contributed by atoms with Crippen molar-refractivity contribution >= 4 is 16.9 Å². The second-order valence-electron chi connectivity index (χ2n) is 6.86. The molecule has 8 nitrogen and oxygen atoms in total. The van der Waals surface area contributed by atoms with Crippen LogP contribution in [-0.4, -0.2) is 55.4 Å². The largest absolute Gasteiger partial charge is 0.493 e. The number of hydrogen-bond donors (Lipinski definition) is 1. The first-order valence-corrected chi connectivity index (χ1v) is 8.72. The lowest BCUT2D eigenvalue weighted by Gasteiger charge is -2.17. The Morgan fingerprint density at radius 1 is 1.30 bits per heavy atom. The van der Waals surface area contributed by atoms with Gasteiger partial charge in [0, 0.05) is 25.6 Å². The van der Waals surface area contributed by atoms with Gasteiger partial charge in [-0.25, -0.2) is 14.1 Å². The predicted molar refractivity (Wildman–Crippen MR) is 92.2 cm³/mol. The van der Waals surface area contributed by atoms with Crippen LogP contribution in [0.2, 0.25) is 0 Å². The maximum Gasteiger partial charge on any atom is 0.260 e. The van der Waals surface area contributed by atoms with Crippen LogP contribution in [0.3, 0.4) is 0 Å². The second kappa shape index (κ2) is 5.90. The number of amides is 1. The number of aromatic nitrogens is 4. The molecule has 9 heteroatoms. The Morgan fingerprint density at radius 3 is 3.07 bits per heavy atom. The SMILES string of the molecule is O=C1COc2cc(F)ccc2-n2ncc3c(O)nc(nc32)C[C@@H]2CCN1C2. The van der Waals surface area contributed by atoms with Crippen LogP contribution in [0.5, 0.6) is 11.6 Å². The fourth-order valence-corrected chi connectivity index (χ4v) is 3.70. The van der Waals surface area contributed by atoms with Crippen LogP contribution in [-0.2, 0) is 11.2 Å². The molecule has 138 valence electrons. The molecule has 1 amide bonds. The molecule has 0 aliphatic carbocycles. The smallest absolute Gasteiger partial charge is 0.260 e. The molecule has 2 aromatic heterocycles. The van der Waals surface area contributed by atoms with Gasteiger partial charge in [-0.1, -0.05) is 0 Å². The van der Waals surface area contributed by atoms with Gasteiger partial charge in [0.15, 0.2) is 12.3 Å². The summed E-state index contributed by atoms with van der Waals surface area (Å²) in [5.41, 5.74) is 0.844. The highest BCUT2D eigenvalue weighted by Gasteiger charge is 2.29. The van der Waals surface area contributed by atoms with Gasteiger partial charge in [-0.3, -0.25) is 4.79 Å². The van der Waals surface area contributed by atoms with Crippen molar-refractivity contribution in [2.75, 3.05) is 19.7 Å². The average molecular weight is 369 g/mol. The zero-order valence-electron chi connectivity index (χ0n) is 14.3. The third-order valence-electron chi connectivity index (χ3n) is 5.07. The molecular weight excluding hydrogens is 353 g/mol. The van der Waals surface area contributed by atoms with Crippen molar-refractivity contribution < 1.29 is 19.0 Å². The van der Waals surface area contributed by atoms with Gasteiger partial charge < -0.3 is 14.7 Å². The highest BCUT2D eigenvalue weighted by atomic mass is 19.1. The van der Waals surface area contributed by atoms with Gasteiger partial charge in [-0.05, 0) is 24.5 Å². The lowest BCUT2D eigenvalue weighted by atomic mass is 10.0. The molecule has 1 N–H and O–H groups in total. The molecule has 1 atom stereocenters. The molecule has 5 rings (SSSR count). The molecule has 1 aromatic carbocycles. The molecule has 27 heavy (non-hydrogen) atoms. The van der Waals surface area contributed by atoms with Crippen molar-refractivity contribution in [1.29, 1.82) is 0 Å². The molecule has 4 heterocycles. The number of fused-ring (bicyclic) bond motifs is 5. The van der Waals surface area contributed by atoms with Crippen molar-refractivity contribution in [3.8, 4) is 17.3 Å². The van der Waals surface area contributed by atoms with Crippen LogP contribution < -0.4 is 4.74 Å². The normalized spacial score (nSPS) is 19.4. The maximum atomic E-state index is 13.8. The van der Waals surface area contributed by atoms with E-state index in [0.717, 1.165) is 6.42 Å². The molecule has 0 unspecified atom stereocenters. The van der Waals surface area contributed by atoms with E-state index in [4.69, 9.17) is 4.74 Å². The van der Waals surface area contributed by atoms with E-state index in [-0.39, 0.29) is 30.1 Å². The number of carbonyl (C=O) groups is 1. The van der Waals surface area contributed by atoms with E-state index in [1.807, 2.05) is 0 Å². The summed E-state index contributed by atoms with van der Waals surface area (Å²) >= 11 is 0. The summed E-state index contributed by atoms with van der Waals surface area (Å²) in [7, 11) is 0. The zero-order valence-corrected chi connectivity index (χ0v) is 14.3. The summed E-state index contributed by atoms with van der Waals surface area (Å²) in [6.45, 7) is 1.04. The van der Waals surface area contributed by atoms with Gasteiger partial charge in [-0.2, -0.15) is 10.1 Å². The van der Waals surface area contributed by atoms with E-state index in [2.05, 4.69) is 15.1 Å². The van der Waals surface area contributed by atoms with E-state index in [0.29, 0.717) is 42.1 Å². The van der Waals surface area contributed by atoms with Crippen molar-refractivity contribution in [3.63, 3.8) is 0 Å². The van der Waals surface area contributed by atoms with Gasteiger partial charge in [0.2, 0.25) is 5.88 Å². The van der Waals surface area contributed by atoms with Crippen LogP contribution >= 0.6 is 0 Å². The van der Waals surface area contributed by atoms with E-state index >= 15 is 0 Å². The van der Waals surface area contributed by atoms with Crippen molar-refractivity contribution in [2.45, 2.75) is 12.8 Å². The lowest BCUT2D eigenvalue weighted by molar-refractivity contribution is -0.132. The lowest BCUT2D eigenvalue weighted by Crippen LogP contribution is -2.33. The average Bonchev–Trinajstić information content (AvgIpc) is 3.27. The molecule has 0 saturated carbocycles. The van der Waals surface area contributed by atoms with Gasteiger partial charge >= 0.3 is 0 Å². The molecule has 1 saturated heterocycles. The maximum absolute atomic E-state index is 13.8. The van der Waals surface area contributed by atoms with Crippen LogP contribution in [0.1, 0.15) is 12.2 Å². The van der Waals surface area contributed by atoms with E-state index < -0.39 is 5.82 Å². The minimum Gasteiger partial charge on any atom is -0.493 e. The highest BCUT2D eigenvalue weighted by molar-refractivity contribution is 5.82. The molecule has 1 fully saturated rings. The Morgan fingerprint density at radius 2 is 2.19 bits per heavy atom. The molecule has 0 spiro atoms. The fourth-order valence-electron chi connectivity index (χ4n) is 3.70. The van der Waals surface area contributed by atoms with Crippen LogP contribution in [0.15, 0.2) is 24.4 Å². The number of nitrogens with zero attached hydrogens (tertiary/aromatic N) is 5. The summed E-state index contributed by atoms with van der Waals surface area (Å²) in [4.78, 5) is 23.0. The summed E-state index contributed by atoms with van der Waals surface area (Å²) < 4.78 is 20.9. The Labute approximate surface area is 153 Å². The number of benzene rings is 1. The Kier molecular flexibility index (Phi) is 3.49. The molecule has 2 aliphatic heterocycles. The van der Waals surface area contributed by atoms with Crippen molar-refractivity contribution in [2.24, 2.45) is 5.92 Å². The van der Waals surface area contributed by atoms with Crippen molar-refractivity contribution in [1.82, 2.24) is 24.6 Å². The van der Waals surface area contributed by atoms with Crippen LogP contribution in [0.25, 0.3) is 16.7 Å². The zero-order chi connectivity index (χ0) is 18.5. The second-order valence-corrected chi connectivity index (χ2v) is 6.86. The summed E-state index contributed by atoms with van der Waals surface area (Å²) in [5, 5.41) is 15.0. The number of halogens is 1. The van der Waals surface area contributed by atoms with E-state index in [1.165, 1.54) is 29.1 Å². The first kappa shape index (κ1) is 16.0. The number of aromatic hydroxyl groups is 1. The van der Waals surface area contributed by atoms with Crippen LogP contribution in [0, 0.1) is 11.7 Å². The first-order valence-electron chi connectivity index (χ1n) is 8.72. The third kappa shape index (κ3) is 2.66. The first-order chi connectivity index (χ1) is 13.1. The fraction of sp³-hybridized carbons (Fsp3) is 0.333. The Hall–Kier alpha value is -3.23. The molecule has 0 radical (unpaired) electrons. The standard InChI is InChI=1S/C18H16FN5O3/c19-11-1-2-13-14(6-11)27-9-16(25)23-4-3-10(8-23)5-15-21-17-12(18(26)22-15)7-20-24(13)17/h1-2,6-7,10H,3-5,8-9H2,(H,21,22,26)/t10-/m0/s1. The number of hydrogen-bond acceptors (Lipinski definition) is 6. The van der Waals surface area contributed by atoms with Gasteiger partial charge in [0.05, 0.1) is 6.20 Å². The topological polar surface area (TPSA) is 93.4 Å². The number of rotatable bonds is 0. The van der Waals surface area contributed by atoms with Gasteiger partial charge in [0.25, 0.3) is 5.91 Å². The molecular formula is C18H16FN5O3. The van der Waals surface area contributed by atoms with Crippen molar-refractivity contribution in [3.05, 3.63) is 36.0 Å². The van der Waals surface area contributed by atoms with E-state index in [9.17, 15) is 14.3 Å². The van der Waals surface area contributed by atoms with Gasteiger partial charge in [0.1, 0.15) is 28.5 Å². The third-order valence-corrected chi connectivity index (χ3v) is 5.07. The van der Waals surface area contributed by atoms with Gasteiger partial charge in [-0.15, -0.1) is 0 Å². The predicted octanol–water partition coefficient (Wildman–Crippen LogP) is 1.44. The minimum absolute atomic E-state index is 0.145. The minimum atomic E-state index is -0.485. The van der Waals surface area contributed by atoms with Crippen LogP contribution in [0.4, 0.5) is 4.39 Å². The molecule has 2 aliphatic rings.